The Labute approximate surface area is 131 Å². The molecule has 23 heavy (non-hydrogen) atoms. The van der Waals surface area contributed by atoms with Gasteiger partial charge >= 0.3 is 0 Å². The number of aromatic hydroxyl groups is 1. The molecule has 0 aliphatic carbocycles. The lowest BCUT2D eigenvalue weighted by molar-refractivity contribution is 0.0937. The van der Waals surface area contributed by atoms with Crippen LogP contribution in [0.1, 0.15) is 16.1 Å². The molecule has 0 aliphatic rings. The summed E-state index contributed by atoms with van der Waals surface area (Å²) in [5, 5.41) is 15.9. The molecular formula is C16H14N4O3. The van der Waals surface area contributed by atoms with Crippen LogP contribution in [0.25, 0.3) is 17.2 Å². The molecular weight excluding hydrogens is 296 g/mol. The minimum Gasteiger partial charge on any atom is -0.508 e. The molecule has 3 aromatic rings. The summed E-state index contributed by atoms with van der Waals surface area (Å²) >= 11 is 0. The molecule has 4 N–H and O–H groups in total. The highest BCUT2D eigenvalue weighted by Gasteiger charge is 2.12. The highest BCUT2D eigenvalue weighted by Crippen LogP contribution is 2.18. The maximum absolute atomic E-state index is 12.0. The number of benzene rings is 1. The molecule has 0 saturated heterocycles. The fourth-order valence-electron chi connectivity index (χ4n) is 1.93. The number of phenolic OH excluding ortho intramolecular Hbond substituents is 1. The van der Waals surface area contributed by atoms with Crippen molar-refractivity contribution in [1.29, 1.82) is 0 Å². The molecule has 3 rings (SSSR count). The van der Waals surface area contributed by atoms with Crippen molar-refractivity contribution in [3.8, 4) is 17.2 Å². The second kappa shape index (κ2) is 6.10. The first-order valence-electron chi connectivity index (χ1n) is 6.77. The molecule has 0 fully saturated rings. The van der Waals surface area contributed by atoms with E-state index < -0.39 is 5.91 Å². The maximum atomic E-state index is 12.0. The van der Waals surface area contributed by atoms with E-state index in [0.29, 0.717) is 17.2 Å². The van der Waals surface area contributed by atoms with Crippen molar-refractivity contribution < 1.29 is 14.3 Å². The van der Waals surface area contributed by atoms with Crippen molar-refractivity contribution in [2.75, 3.05) is 0 Å². The normalized spacial score (nSPS) is 10.3. The number of aromatic amines is 1. The van der Waals surface area contributed by atoms with E-state index in [1.807, 2.05) is 0 Å². The second-order valence-electron chi connectivity index (χ2n) is 4.75. The van der Waals surface area contributed by atoms with Gasteiger partial charge in [-0.05, 0) is 42.0 Å². The van der Waals surface area contributed by atoms with Crippen LogP contribution in [0.4, 0.5) is 0 Å². The topological polar surface area (TPSA) is 103 Å². The van der Waals surface area contributed by atoms with Crippen LogP contribution in [0.2, 0.25) is 0 Å². The number of phenols is 1. The van der Waals surface area contributed by atoms with Gasteiger partial charge in [-0.3, -0.25) is 20.7 Å². The molecule has 7 nitrogen and oxygen atoms in total. The third-order valence-electron chi connectivity index (χ3n) is 3.14. The third kappa shape index (κ3) is 3.24. The number of carbonyl (C=O) groups is 1. The number of carbonyl (C=O) groups excluding carboxylic acids is 1. The summed E-state index contributed by atoms with van der Waals surface area (Å²) in [5.74, 6) is 0.338. The molecule has 0 unspecified atom stereocenters. The van der Waals surface area contributed by atoms with Crippen molar-refractivity contribution in [2.24, 2.45) is 0 Å². The lowest BCUT2D eigenvalue weighted by Gasteiger charge is -2.10. The number of aromatic nitrogens is 2. The fourth-order valence-corrected chi connectivity index (χ4v) is 1.93. The number of nitrogens with one attached hydrogen (secondary N) is 3. The highest BCUT2D eigenvalue weighted by atomic mass is 16.3. The van der Waals surface area contributed by atoms with E-state index in [0.717, 1.165) is 5.56 Å². The van der Waals surface area contributed by atoms with Gasteiger partial charge in [-0.25, -0.2) is 0 Å². The third-order valence-corrected chi connectivity index (χ3v) is 3.14. The summed E-state index contributed by atoms with van der Waals surface area (Å²) in [6.45, 7) is 3.82. The molecule has 2 heterocycles. The predicted octanol–water partition coefficient (Wildman–Crippen LogP) is 2.28. The van der Waals surface area contributed by atoms with Crippen molar-refractivity contribution in [3.63, 3.8) is 0 Å². The quantitative estimate of drug-likeness (QED) is 0.541. The molecule has 0 atom stereocenters. The van der Waals surface area contributed by atoms with Crippen LogP contribution in [0.15, 0.2) is 59.7 Å². The summed E-state index contributed by atoms with van der Waals surface area (Å²) < 4.78 is 5.23. The molecule has 1 amide bonds. The number of rotatable bonds is 5. The van der Waals surface area contributed by atoms with Crippen LogP contribution < -0.4 is 10.9 Å². The lowest BCUT2D eigenvalue weighted by Crippen LogP contribution is -2.36. The van der Waals surface area contributed by atoms with Crippen LogP contribution in [0.3, 0.4) is 0 Å². The first-order chi connectivity index (χ1) is 11.1. The van der Waals surface area contributed by atoms with Gasteiger partial charge in [-0.2, -0.15) is 5.10 Å². The summed E-state index contributed by atoms with van der Waals surface area (Å²) in [4.78, 5) is 12.0. The zero-order chi connectivity index (χ0) is 16.2. The van der Waals surface area contributed by atoms with Crippen molar-refractivity contribution >= 4 is 11.6 Å². The summed E-state index contributed by atoms with van der Waals surface area (Å²) in [6.07, 6.45) is 1.54. The van der Waals surface area contributed by atoms with Gasteiger partial charge in [0.15, 0.2) is 11.5 Å². The summed E-state index contributed by atoms with van der Waals surface area (Å²) in [6, 6.07) is 11.5. The van der Waals surface area contributed by atoms with Gasteiger partial charge in [0.2, 0.25) is 0 Å². The van der Waals surface area contributed by atoms with Crippen LogP contribution in [-0.4, -0.2) is 21.2 Å². The number of H-pyrrole nitrogens is 1. The Morgan fingerprint density at radius 1 is 1.22 bits per heavy atom. The molecule has 116 valence electrons. The first kappa shape index (κ1) is 14.5. The monoisotopic (exact) mass is 310 g/mol. The van der Waals surface area contributed by atoms with Crippen LogP contribution in [0.5, 0.6) is 5.75 Å². The van der Waals surface area contributed by atoms with E-state index in [4.69, 9.17) is 4.42 Å². The van der Waals surface area contributed by atoms with E-state index >= 15 is 0 Å². The van der Waals surface area contributed by atoms with Gasteiger partial charge in [-0.1, -0.05) is 6.58 Å². The van der Waals surface area contributed by atoms with E-state index in [9.17, 15) is 9.90 Å². The number of amides is 1. The maximum Gasteiger partial charge on any atom is 0.290 e. The standard InChI is InChI=1S/C16H14N4O3/c1-10(11-4-6-12(21)7-5-11)17-20-16(22)14-9-13(18-19-14)15-3-2-8-23-15/h2-9,17,21H,1H2,(H,18,19)(H,20,22). The molecule has 0 radical (unpaired) electrons. The number of hydrogen-bond donors (Lipinski definition) is 4. The number of hydrogen-bond acceptors (Lipinski definition) is 5. The zero-order valence-corrected chi connectivity index (χ0v) is 12.0. The Morgan fingerprint density at radius 2 is 2.00 bits per heavy atom. The number of nitrogens with zero attached hydrogens (tertiary/aromatic N) is 1. The summed E-state index contributed by atoms with van der Waals surface area (Å²) in [7, 11) is 0. The largest absolute Gasteiger partial charge is 0.508 e. The van der Waals surface area contributed by atoms with Crippen molar-refractivity contribution in [3.05, 3.63) is 66.6 Å². The average molecular weight is 310 g/mol. The molecule has 0 spiro atoms. The Morgan fingerprint density at radius 3 is 2.70 bits per heavy atom. The number of furan rings is 1. The molecule has 1 aromatic carbocycles. The Balaban J connectivity index is 1.61. The Kier molecular flexibility index (Phi) is 3.84. The molecule has 2 aromatic heterocycles. The van der Waals surface area contributed by atoms with E-state index in [1.165, 1.54) is 12.1 Å². The number of hydrazine groups is 1. The predicted molar refractivity (Wildman–Crippen MR) is 84.0 cm³/mol. The van der Waals surface area contributed by atoms with Gasteiger partial charge in [0, 0.05) is 6.07 Å². The van der Waals surface area contributed by atoms with Gasteiger partial charge in [0.25, 0.3) is 5.91 Å². The summed E-state index contributed by atoms with van der Waals surface area (Å²) in [5.41, 5.74) is 7.26. The van der Waals surface area contributed by atoms with Crippen molar-refractivity contribution in [1.82, 2.24) is 21.0 Å². The molecule has 0 aliphatic heterocycles. The smallest absolute Gasteiger partial charge is 0.290 e. The van der Waals surface area contributed by atoms with Gasteiger partial charge in [0.1, 0.15) is 11.4 Å². The Hall–Kier alpha value is -3.48. The van der Waals surface area contributed by atoms with Crippen LogP contribution >= 0.6 is 0 Å². The average Bonchev–Trinajstić information content (AvgIpc) is 3.23. The minimum atomic E-state index is -0.418. The first-order valence-corrected chi connectivity index (χ1v) is 6.77. The van der Waals surface area contributed by atoms with Crippen LogP contribution in [-0.2, 0) is 0 Å². The van der Waals surface area contributed by atoms with E-state index in [1.54, 1.807) is 36.6 Å². The van der Waals surface area contributed by atoms with E-state index in [-0.39, 0.29) is 11.4 Å². The molecule has 0 bridgehead atoms. The van der Waals surface area contributed by atoms with Gasteiger partial charge in [-0.15, -0.1) is 0 Å². The molecule has 0 saturated carbocycles. The molecule has 7 heteroatoms. The zero-order valence-electron chi connectivity index (χ0n) is 12.0. The van der Waals surface area contributed by atoms with E-state index in [2.05, 4.69) is 27.6 Å². The van der Waals surface area contributed by atoms with Gasteiger partial charge in [0.05, 0.1) is 12.0 Å². The minimum absolute atomic E-state index is 0.160. The highest BCUT2D eigenvalue weighted by molar-refractivity contribution is 5.93. The van der Waals surface area contributed by atoms with Crippen LogP contribution in [0, 0.1) is 0 Å². The van der Waals surface area contributed by atoms with Crippen molar-refractivity contribution in [2.45, 2.75) is 0 Å². The Bertz CT molecular complexity index is 819. The fraction of sp³-hybridized carbons (Fsp3) is 0. The SMILES string of the molecule is C=C(NNC(=O)c1cc(-c2ccco2)[nH]n1)c1ccc(O)cc1. The lowest BCUT2D eigenvalue weighted by atomic mass is 10.2. The van der Waals surface area contributed by atoms with Gasteiger partial charge < -0.3 is 9.52 Å². The second-order valence-corrected chi connectivity index (χ2v) is 4.75.